The number of morpholine rings is 1. The fourth-order valence-corrected chi connectivity index (χ4v) is 6.14. The number of ether oxygens (including phenoxy) is 1. The first-order valence-corrected chi connectivity index (χ1v) is 13.1. The Balaban J connectivity index is 1.33. The Bertz CT molecular complexity index is 1120. The first kappa shape index (κ1) is 24.5. The van der Waals surface area contributed by atoms with Crippen LogP contribution in [-0.4, -0.2) is 75.3 Å². The summed E-state index contributed by atoms with van der Waals surface area (Å²) in [6, 6.07) is 14.3. The molecule has 4 rings (SSSR count). The van der Waals surface area contributed by atoms with Gasteiger partial charge in [0, 0.05) is 30.3 Å². The monoisotopic (exact) mass is 485 g/mol. The summed E-state index contributed by atoms with van der Waals surface area (Å²) < 4.78 is 32.8. The average Bonchev–Trinajstić information content (AvgIpc) is 2.86. The van der Waals surface area contributed by atoms with Gasteiger partial charge in [0.25, 0.3) is 0 Å². The van der Waals surface area contributed by atoms with Gasteiger partial charge >= 0.3 is 0 Å². The number of ketones is 1. The predicted octanol–water partition coefficient (Wildman–Crippen LogP) is 2.55. The van der Waals surface area contributed by atoms with Crippen LogP contribution in [-0.2, 0) is 19.6 Å². The SMILES string of the molecule is Cc1ccc(NC(=O)CN2CCC(C(=O)c3ccccc3)CC2)cc1S(=O)(=O)N1CCOCC1. The smallest absolute Gasteiger partial charge is 0.243 e. The maximum Gasteiger partial charge on any atom is 0.243 e. The highest BCUT2D eigenvalue weighted by Crippen LogP contribution is 2.25. The molecule has 2 aliphatic heterocycles. The summed E-state index contributed by atoms with van der Waals surface area (Å²) in [7, 11) is -3.66. The zero-order chi connectivity index (χ0) is 24.1. The van der Waals surface area contributed by atoms with Crippen molar-refractivity contribution in [3.8, 4) is 0 Å². The van der Waals surface area contributed by atoms with Gasteiger partial charge in [-0.1, -0.05) is 36.4 Å². The summed E-state index contributed by atoms with van der Waals surface area (Å²) in [5, 5.41) is 2.84. The Kier molecular flexibility index (Phi) is 7.77. The molecule has 0 aromatic heterocycles. The second-order valence-electron chi connectivity index (χ2n) is 8.83. The molecule has 0 saturated carbocycles. The molecule has 0 aliphatic carbocycles. The van der Waals surface area contributed by atoms with Gasteiger partial charge < -0.3 is 10.1 Å². The van der Waals surface area contributed by atoms with E-state index in [-0.39, 0.29) is 29.0 Å². The highest BCUT2D eigenvalue weighted by atomic mass is 32.2. The van der Waals surface area contributed by atoms with Gasteiger partial charge in [0.05, 0.1) is 24.7 Å². The molecule has 0 radical (unpaired) electrons. The Hall–Kier alpha value is -2.59. The maximum atomic E-state index is 13.1. The lowest BCUT2D eigenvalue weighted by Gasteiger charge is -2.30. The highest BCUT2D eigenvalue weighted by Gasteiger charge is 2.29. The van der Waals surface area contributed by atoms with Gasteiger partial charge in [0.15, 0.2) is 5.78 Å². The number of rotatable bonds is 7. The number of nitrogens with one attached hydrogen (secondary N) is 1. The van der Waals surface area contributed by atoms with Crippen LogP contribution in [0.5, 0.6) is 0 Å². The number of Topliss-reactive ketones (excluding diaryl/α,β-unsaturated/α-hetero) is 1. The maximum absolute atomic E-state index is 13.1. The molecule has 0 bridgehead atoms. The van der Waals surface area contributed by atoms with E-state index in [2.05, 4.69) is 5.32 Å². The third kappa shape index (κ3) is 5.72. The number of anilines is 1. The van der Waals surface area contributed by atoms with Crippen LogP contribution in [0.25, 0.3) is 0 Å². The number of amides is 1. The van der Waals surface area contributed by atoms with Crippen LogP contribution in [0.2, 0.25) is 0 Å². The van der Waals surface area contributed by atoms with Crippen molar-refractivity contribution < 1.29 is 22.7 Å². The molecule has 34 heavy (non-hydrogen) atoms. The minimum atomic E-state index is -3.66. The Morgan fingerprint density at radius 1 is 1.00 bits per heavy atom. The molecule has 2 saturated heterocycles. The standard InChI is InChI=1S/C25H31N3O5S/c1-19-7-8-22(17-23(19)34(31,32)28-13-15-33-16-14-28)26-24(29)18-27-11-9-21(10-12-27)25(30)20-5-3-2-4-6-20/h2-8,17,21H,9-16,18H2,1H3,(H,26,29). The van der Waals surface area contributed by atoms with Crippen LogP contribution >= 0.6 is 0 Å². The number of nitrogens with zero attached hydrogens (tertiary/aromatic N) is 2. The van der Waals surface area contributed by atoms with Gasteiger partial charge in [-0.3, -0.25) is 14.5 Å². The van der Waals surface area contributed by atoms with Crippen molar-refractivity contribution in [2.24, 2.45) is 5.92 Å². The van der Waals surface area contributed by atoms with E-state index in [0.29, 0.717) is 63.5 Å². The minimum absolute atomic E-state index is 0.0215. The second kappa shape index (κ2) is 10.8. The Morgan fingerprint density at radius 2 is 1.68 bits per heavy atom. The topological polar surface area (TPSA) is 96.0 Å². The molecular formula is C25H31N3O5S. The van der Waals surface area contributed by atoms with Crippen molar-refractivity contribution in [1.29, 1.82) is 0 Å². The molecule has 2 aliphatic rings. The number of piperidine rings is 1. The van der Waals surface area contributed by atoms with E-state index in [9.17, 15) is 18.0 Å². The van der Waals surface area contributed by atoms with Crippen molar-refractivity contribution in [2.45, 2.75) is 24.7 Å². The molecule has 2 aromatic carbocycles. The average molecular weight is 486 g/mol. The Morgan fingerprint density at radius 3 is 2.35 bits per heavy atom. The lowest BCUT2D eigenvalue weighted by Crippen LogP contribution is -2.41. The fourth-order valence-electron chi connectivity index (χ4n) is 4.48. The lowest BCUT2D eigenvalue weighted by atomic mass is 9.89. The third-order valence-electron chi connectivity index (χ3n) is 6.44. The van der Waals surface area contributed by atoms with Gasteiger partial charge in [-0.05, 0) is 50.6 Å². The van der Waals surface area contributed by atoms with Crippen molar-refractivity contribution in [3.05, 3.63) is 59.7 Å². The van der Waals surface area contributed by atoms with Crippen molar-refractivity contribution in [2.75, 3.05) is 51.3 Å². The molecule has 1 amide bonds. The van der Waals surface area contributed by atoms with Gasteiger partial charge in [-0.15, -0.1) is 0 Å². The van der Waals surface area contributed by atoms with Crippen molar-refractivity contribution in [3.63, 3.8) is 0 Å². The predicted molar refractivity (Wildman–Crippen MR) is 129 cm³/mol. The molecule has 8 nitrogen and oxygen atoms in total. The van der Waals surface area contributed by atoms with Crippen LogP contribution in [0.4, 0.5) is 5.69 Å². The first-order valence-electron chi connectivity index (χ1n) is 11.6. The van der Waals surface area contributed by atoms with E-state index >= 15 is 0 Å². The highest BCUT2D eigenvalue weighted by molar-refractivity contribution is 7.89. The summed E-state index contributed by atoms with van der Waals surface area (Å²) >= 11 is 0. The normalized spacial score (nSPS) is 18.5. The number of likely N-dealkylation sites (tertiary alicyclic amines) is 1. The first-order chi connectivity index (χ1) is 16.3. The number of hydrogen-bond acceptors (Lipinski definition) is 6. The third-order valence-corrected chi connectivity index (χ3v) is 8.48. The molecule has 2 heterocycles. The molecule has 0 atom stereocenters. The zero-order valence-corrected chi connectivity index (χ0v) is 20.2. The number of carbonyl (C=O) groups is 2. The van der Waals surface area contributed by atoms with E-state index in [1.54, 1.807) is 19.1 Å². The quantitative estimate of drug-likeness (QED) is 0.606. The molecule has 2 aromatic rings. The van der Waals surface area contributed by atoms with E-state index in [1.807, 2.05) is 35.2 Å². The van der Waals surface area contributed by atoms with Gasteiger partial charge in [0.1, 0.15) is 0 Å². The minimum Gasteiger partial charge on any atom is -0.379 e. The van der Waals surface area contributed by atoms with Crippen LogP contribution < -0.4 is 5.32 Å². The van der Waals surface area contributed by atoms with E-state index in [0.717, 1.165) is 5.56 Å². The van der Waals surface area contributed by atoms with E-state index in [4.69, 9.17) is 4.74 Å². The lowest BCUT2D eigenvalue weighted by molar-refractivity contribution is -0.117. The van der Waals surface area contributed by atoms with Gasteiger partial charge in [-0.2, -0.15) is 4.31 Å². The van der Waals surface area contributed by atoms with Crippen LogP contribution in [0.1, 0.15) is 28.8 Å². The molecule has 2 fully saturated rings. The number of hydrogen-bond donors (Lipinski definition) is 1. The largest absolute Gasteiger partial charge is 0.379 e. The van der Waals surface area contributed by atoms with Gasteiger partial charge in [-0.25, -0.2) is 8.42 Å². The zero-order valence-electron chi connectivity index (χ0n) is 19.4. The van der Waals surface area contributed by atoms with E-state index in [1.165, 1.54) is 10.4 Å². The number of carbonyl (C=O) groups excluding carboxylic acids is 2. The summed E-state index contributed by atoms with van der Waals surface area (Å²) in [5.74, 6) is -0.0588. The van der Waals surface area contributed by atoms with Crippen LogP contribution in [0.15, 0.2) is 53.4 Å². The number of benzene rings is 2. The van der Waals surface area contributed by atoms with Gasteiger partial charge in [0.2, 0.25) is 15.9 Å². The fraction of sp³-hybridized carbons (Fsp3) is 0.440. The molecule has 0 spiro atoms. The molecule has 9 heteroatoms. The summed E-state index contributed by atoms with van der Waals surface area (Å²) in [5.41, 5.74) is 1.83. The summed E-state index contributed by atoms with van der Waals surface area (Å²) in [6.07, 6.45) is 1.43. The van der Waals surface area contributed by atoms with Crippen molar-refractivity contribution in [1.82, 2.24) is 9.21 Å². The van der Waals surface area contributed by atoms with Crippen molar-refractivity contribution >= 4 is 27.4 Å². The van der Waals surface area contributed by atoms with Crippen LogP contribution in [0, 0.1) is 12.8 Å². The van der Waals surface area contributed by atoms with Crippen LogP contribution in [0.3, 0.4) is 0 Å². The summed E-state index contributed by atoms with van der Waals surface area (Å²) in [4.78, 5) is 27.6. The second-order valence-corrected chi connectivity index (χ2v) is 10.7. The molecule has 182 valence electrons. The van der Waals surface area contributed by atoms with E-state index < -0.39 is 10.0 Å². The molecular weight excluding hydrogens is 454 g/mol. The number of aryl methyl sites for hydroxylation is 1. The molecule has 0 unspecified atom stereocenters. The molecule has 1 N–H and O–H groups in total. The number of sulfonamides is 1. The Labute approximate surface area is 200 Å². The summed E-state index contributed by atoms with van der Waals surface area (Å²) in [6.45, 7) is 4.68.